The number of thiazole rings is 1. The molecule has 0 radical (unpaired) electrons. The van der Waals surface area contributed by atoms with Crippen molar-refractivity contribution < 1.29 is 14.3 Å². The molecule has 7 heteroatoms. The summed E-state index contributed by atoms with van der Waals surface area (Å²) in [6.07, 6.45) is 0.748. The van der Waals surface area contributed by atoms with E-state index in [0.29, 0.717) is 11.3 Å². The van der Waals surface area contributed by atoms with Crippen LogP contribution in [-0.2, 0) is 16.0 Å². The van der Waals surface area contributed by atoms with Crippen LogP contribution in [0.3, 0.4) is 0 Å². The Morgan fingerprint density at radius 2 is 1.96 bits per heavy atom. The summed E-state index contributed by atoms with van der Waals surface area (Å²) >= 11 is 6.20. The number of aromatic nitrogens is 1. The Balaban J connectivity index is 1.48. The standard InChI is InChI=1S/C16H12BrNO3S2/c17-14-6-5-13(22-14)11(19)9-21-16(20)8-7-15-18-10-3-1-2-4-12(10)23-15/h1-6H,7-9H2. The van der Waals surface area contributed by atoms with Crippen molar-refractivity contribution in [1.29, 1.82) is 0 Å². The van der Waals surface area contributed by atoms with Gasteiger partial charge in [0, 0.05) is 6.42 Å². The fourth-order valence-corrected chi connectivity index (χ4v) is 4.27. The van der Waals surface area contributed by atoms with E-state index in [0.717, 1.165) is 19.0 Å². The quantitative estimate of drug-likeness (QED) is 0.444. The first-order valence-electron chi connectivity index (χ1n) is 6.90. The molecule has 0 saturated heterocycles. The summed E-state index contributed by atoms with van der Waals surface area (Å²) in [7, 11) is 0. The molecule has 0 aliphatic rings. The highest BCUT2D eigenvalue weighted by molar-refractivity contribution is 9.11. The summed E-state index contributed by atoms with van der Waals surface area (Å²) in [6.45, 7) is -0.217. The Kier molecular flexibility index (Phi) is 5.20. The van der Waals surface area contributed by atoms with Crippen molar-refractivity contribution in [2.45, 2.75) is 12.8 Å². The first-order valence-corrected chi connectivity index (χ1v) is 9.33. The van der Waals surface area contributed by atoms with Crippen molar-refractivity contribution in [2.24, 2.45) is 0 Å². The van der Waals surface area contributed by atoms with E-state index in [1.54, 1.807) is 23.5 Å². The van der Waals surface area contributed by atoms with Crippen molar-refractivity contribution in [3.05, 3.63) is 50.1 Å². The Morgan fingerprint density at radius 1 is 1.13 bits per heavy atom. The monoisotopic (exact) mass is 409 g/mol. The molecule has 4 nitrogen and oxygen atoms in total. The highest BCUT2D eigenvalue weighted by atomic mass is 79.9. The van der Waals surface area contributed by atoms with Gasteiger partial charge in [-0.25, -0.2) is 4.98 Å². The van der Waals surface area contributed by atoms with Gasteiger partial charge < -0.3 is 4.74 Å². The van der Waals surface area contributed by atoms with Crippen LogP contribution in [0, 0.1) is 0 Å². The molecule has 3 rings (SSSR count). The first kappa shape index (κ1) is 16.3. The number of fused-ring (bicyclic) bond motifs is 1. The summed E-state index contributed by atoms with van der Waals surface area (Å²) in [4.78, 5) is 28.7. The van der Waals surface area contributed by atoms with E-state index in [-0.39, 0.29) is 24.8 Å². The van der Waals surface area contributed by atoms with E-state index < -0.39 is 0 Å². The van der Waals surface area contributed by atoms with Crippen molar-refractivity contribution in [2.75, 3.05) is 6.61 Å². The number of aryl methyl sites for hydroxylation is 1. The minimum atomic E-state index is -0.381. The molecule has 0 bridgehead atoms. The molecule has 0 N–H and O–H groups in total. The first-order chi connectivity index (χ1) is 11.1. The Labute approximate surface area is 149 Å². The van der Waals surface area contributed by atoms with E-state index in [4.69, 9.17) is 4.74 Å². The zero-order valence-electron chi connectivity index (χ0n) is 12.0. The van der Waals surface area contributed by atoms with Crippen molar-refractivity contribution >= 4 is 60.6 Å². The van der Waals surface area contributed by atoms with Crippen LogP contribution < -0.4 is 0 Å². The molecule has 118 valence electrons. The number of halogens is 1. The molecule has 0 unspecified atom stereocenters. The second-order valence-electron chi connectivity index (χ2n) is 4.76. The van der Waals surface area contributed by atoms with Crippen molar-refractivity contribution in [3.8, 4) is 0 Å². The number of esters is 1. The van der Waals surface area contributed by atoms with E-state index in [1.165, 1.54) is 11.3 Å². The Morgan fingerprint density at radius 3 is 2.70 bits per heavy atom. The molecule has 2 aromatic heterocycles. The fourth-order valence-electron chi connectivity index (χ4n) is 1.99. The molecule has 0 amide bonds. The third-order valence-electron chi connectivity index (χ3n) is 3.09. The second kappa shape index (κ2) is 7.33. The summed E-state index contributed by atoms with van der Waals surface area (Å²) < 4.78 is 7.03. The van der Waals surface area contributed by atoms with Gasteiger partial charge in [0.2, 0.25) is 5.78 Å². The largest absolute Gasteiger partial charge is 0.457 e. The van der Waals surface area contributed by atoms with Crippen LogP contribution in [0.2, 0.25) is 0 Å². The predicted octanol–water partition coefficient (Wildman–Crippen LogP) is 4.48. The van der Waals surface area contributed by atoms with Gasteiger partial charge in [-0.15, -0.1) is 22.7 Å². The van der Waals surface area contributed by atoms with Gasteiger partial charge in [0.1, 0.15) is 0 Å². The zero-order chi connectivity index (χ0) is 16.2. The highest BCUT2D eigenvalue weighted by Crippen LogP contribution is 2.23. The molecule has 0 aliphatic carbocycles. The lowest BCUT2D eigenvalue weighted by atomic mass is 10.3. The summed E-state index contributed by atoms with van der Waals surface area (Å²) in [5, 5.41) is 0.900. The average molecular weight is 410 g/mol. The molecule has 0 aliphatic heterocycles. The Bertz CT molecular complexity index is 823. The van der Waals surface area contributed by atoms with Crippen LogP contribution in [-0.4, -0.2) is 23.3 Å². The fraction of sp³-hybridized carbons (Fsp3) is 0.188. The lowest BCUT2D eigenvalue weighted by Gasteiger charge is -2.02. The normalized spacial score (nSPS) is 10.8. The molecule has 0 saturated carbocycles. The number of ketones is 1. The molecule has 0 spiro atoms. The van der Waals surface area contributed by atoms with Crippen molar-refractivity contribution in [3.63, 3.8) is 0 Å². The lowest BCUT2D eigenvalue weighted by Crippen LogP contribution is -2.13. The van der Waals surface area contributed by atoms with Gasteiger partial charge in [0.25, 0.3) is 0 Å². The van der Waals surface area contributed by atoms with Crippen LogP contribution >= 0.6 is 38.6 Å². The van der Waals surface area contributed by atoms with Gasteiger partial charge in [-0.3, -0.25) is 9.59 Å². The van der Waals surface area contributed by atoms with Gasteiger partial charge in [-0.1, -0.05) is 12.1 Å². The van der Waals surface area contributed by atoms with E-state index in [1.807, 2.05) is 24.3 Å². The number of carbonyl (C=O) groups excluding carboxylic acids is 2. The molecular weight excluding hydrogens is 398 g/mol. The molecule has 1 aromatic carbocycles. The number of nitrogens with zero attached hydrogens (tertiary/aromatic N) is 1. The van der Waals surface area contributed by atoms with Gasteiger partial charge in [0.15, 0.2) is 6.61 Å². The highest BCUT2D eigenvalue weighted by Gasteiger charge is 2.13. The van der Waals surface area contributed by atoms with Crippen LogP contribution in [0.5, 0.6) is 0 Å². The van der Waals surface area contributed by atoms with Crippen LogP contribution in [0.1, 0.15) is 21.1 Å². The number of Topliss-reactive ketones (excluding diaryl/α,β-unsaturated/α-hetero) is 1. The average Bonchev–Trinajstić information content (AvgIpc) is 3.16. The maximum absolute atomic E-state index is 11.9. The number of rotatable bonds is 6. The molecule has 0 fully saturated rings. The maximum atomic E-state index is 11.9. The number of benzene rings is 1. The number of para-hydroxylation sites is 1. The summed E-state index contributed by atoms with van der Waals surface area (Å²) in [5.41, 5.74) is 0.944. The molecule has 3 aromatic rings. The number of thiophene rings is 1. The minimum absolute atomic E-state index is 0.186. The Hall–Kier alpha value is -1.57. The SMILES string of the molecule is O=C(CCc1nc2ccccc2s1)OCC(=O)c1ccc(Br)s1. The minimum Gasteiger partial charge on any atom is -0.457 e. The molecular formula is C16H12BrNO3S2. The number of carbonyl (C=O) groups is 2. The van der Waals surface area contributed by atoms with Gasteiger partial charge in [-0.05, 0) is 40.2 Å². The smallest absolute Gasteiger partial charge is 0.306 e. The van der Waals surface area contributed by atoms with Crippen LogP contribution in [0.15, 0.2) is 40.2 Å². The molecule has 23 heavy (non-hydrogen) atoms. The predicted molar refractivity (Wildman–Crippen MR) is 95.2 cm³/mol. The summed E-state index contributed by atoms with van der Waals surface area (Å²) in [6, 6.07) is 11.4. The van der Waals surface area contributed by atoms with Gasteiger partial charge in [0.05, 0.1) is 30.3 Å². The van der Waals surface area contributed by atoms with E-state index >= 15 is 0 Å². The van der Waals surface area contributed by atoms with E-state index in [9.17, 15) is 9.59 Å². The van der Waals surface area contributed by atoms with E-state index in [2.05, 4.69) is 20.9 Å². The van der Waals surface area contributed by atoms with Gasteiger partial charge >= 0.3 is 5.97 Å². The zero-order valence-corrected chi connectivity index (χ0v) is 15.2. The number of ether oxygens (including phenoxy) is 1. The topological polar surface area (TPSA) is 56.3 Å². The summed E-state index contributed by atoms with van der Waals surface area (Å²) in [5.74, 6) is -0.567. The number of hydrogen-bond donors (Lipinski definition) is 0. The number of hydrogen-bond acceptors (Lipinski definition) is 6. The molecule has 0 atom stereocenters. The second-order valence-corrected chi connectivity index (χ2v) is 8.34. The van der Waals surface area contributed by atoms with Gasteiger partial charge in [-0.2, -0.15) is 0 Å². The van der Waals surface area contributed by atoms with Crippen LogP contribution in [0.25, 0.3) is 10.2 Å². The third-order valence-corrected chi connectivity index (χ3v) is 5.85. The lowest BCUT2D eigenvalue weighted by molar-refractivity contribution is -0.142. The molecule has 2 heterocycles. The van der Waals surface area contributed by atoms with Crippen molar-refractivity contribution in [1.82, 2.24) is 4.98 Å². The third kappa shape index (κ3) is 4.25. The maximum Gasteiger partial charge on any atom is 0.306 e. The van der Waals surface area contributed by atoms with Crippen LogP contribution in [0.4, 0.5) is 0 Å².